The second-order valence-electron chi connectivity index (χ2n) is 4.67. The Labute approximate surface area is 108 Å². The van der Waals surface area contributed by atoms with E-state index in [1.807, 2.05) is 12.1 Å². The van der Waals surface area contributed by atoms with Crippen molar-refractivity contribution in [2.45, 2.75) is 44.1 Å². The van der Waals surface area contributed by atoms with Crippen LogP contribution in [0.5, 0.6) is 0 Å². The topological polar surface area (TPSA) is 43.1 Å². The summed E-state index contributed by atoms with van der Waals surface area (Å²) in [6.07, 6.45) is 5.44. The van der Waals surface area contributed by atoms with Crippen LogP contribution < -0.4 is 5.73 Å². The summed E-state index contributed by atoms with van der Waals surface area (Å²) in [7, 11) is 0. The number of carbonyl (C=O) groups is 1. The second kappa shape index (κ2) is 4.98. The SMILES string of the molecule is NC1(CC(=O)Cc2ccc(Br)s2)CCCC1. The maximum atomic E-state index is 11.9. The molecule has 1 aliphatic rings. The highest BCUT2D eigenvalue weighted by atomic mass is 79.9. The van der Waals surface area contributed by atoms with Crippen molar-refractivity contribution in [1.29, 1.82) is 0 Å². The van der Waals surface area contributed by atoms with Crippen LogP contribution in [0.3, 0.4) is 0 Å². The van der Waals surface area contributed by atoms with Gasteiger partial charge in [-0.05, 0) is 40.9 Å². The molecule has 0 unspecified atom stereocenters. The minimum absolute atomic E-state index is 0.203. The third-order valence-electron chi connectivity index (χ3n) is 3.15. The molecule has 1 aliphatic carbocycles. The minimum atomic E-state index is -0.203. The zero-order valence-corrected chi connectivity index (χ0v) is 11.6. The Morgan fingerprint density at radius 3 is 2.69 bits per heavy atom. The highest BCUT2D eigenvalue weighted by molar-refractivity contribution is 9.11. The molecule has 4 heteroatoms. The fourth-order valence-corrected chi connectivity index (χ4v) is 3.86. The van der Waals surface area contributed by atoms with Crippen LogP contribution in [0.4, 0.5) is 0 Å². The smallest absolute Gasteiger partial charge is 0.139 e. The quantitative estimate of drug-likeness (QED) is 0.927. The second-order valence-corrected chi connectivity index (χ2v) is 7.22. The van der Waals surface area contributed by atoms with Gasteiger partial charge < -0.3 is 5.73 Å². The summed E-state index contributed by atoms with van der Waals surface area (Å²) >= 11 is 5.03. The van der Waals surface area contributed by atoms with Gasteiger partial charge in [-0.25, -0.2) is 0 Å². The Morgan fingerprint density at radius 2 is 2.12 bits per heavy atom. The van der Waals surface area contributed by atoms with Crippen molar-refractivity contribution in [3.63, 3.8) is 0 Å². The first-order valence-electron chi connectivity index (χ1n) is 5.62. The van der Waals surface area contributed by atoms with Crippen molar-refractivity contribution in [2.75, 3.05) is 0 Å². The lowest BCUT2D eigenvalue weighted by molar-refractivity contribution is -0.119. The number of rotatable bonds is 4. The maximum Gasteiger partial charge on any atom is 0.139 e. The number of carbonyl (C=O) groups excluding carboxylic acids is 1. The highest BCUT2D eigenvalue weighted by Gasteiger charge is 2.31. The van der Waals surface area contributed by atoms with Gasteiger partial charge in [-0.1, -0.05) is 12.8 Å². The number of hydrogen-bond donors (Lipinski definition) is 1. The van der Waals surface area contributed by atoms with Crippen molar-refractivity contribution >= 4 is 33.0 Å². The molecule has 0 atom stereocenters. The van der Waals surface area contributed by atoms with E-state index in [1.165, 1.54) is 12.8 Å². The number of ketones is 1. The largest absolute Gasteiger partial charge is 0.325 e. The monoisotopic (exact) mass is 301 g/mol. The third kappa shape index (κ3) is 3.15. The molecule has 0 aromatic carbocycles. The van der Waals surface area contributed by atoms with E-state index in [1.54, 1.807) is 11.3 Å². The summed E-state index contributed by atoms with van der Waals surface area (Å²) in [6, 6.07) is 3.99. The molecular formula is C12H16BrNOS. The molecule has 1 aromatic heterocycles. The standard InChI is InChI=1S/C12H16BrNOS/c13-11-4-3-10(16-11)7-9(15)8-12(14)5-1-2-6-12/h3-4H,1-2,5-8,14H2. The average Bonchev–Trinajstić information content (AvgIpc) is 2.75. The Morgan fingerprint density at radius 1 is 1.44 bits per heavy atom. The van der Waals surface area contributed by atoms with Crippen molar-refractivity contribution in [3.05, 3.63) is 20.8 Å². The van der Waals surface area contributed by atoms with Crippen molar-refractivity contribution in [1.82, 2.24) is 0 Å². The van der Waals surface area contributed by atoms with E-state index < -0.39 is 0 Å². The predicted octanol–water partition coefficient (Wildman–Crippen LogP) is 3.28. The molecule has 2 N–H and O–H groups in total. The number of thiophene rings is 1. The first kappa shape index (κ1) is 12.3. The summed E-state index contributed by atoms with van der Waals surface area (Å²) in [5.74, 6) is 0.277. The van der Waals surface area contributed by atoms with Crippen molar-refractivity contribution in [3.8, 4) is 0 Å². The molecule has 0 saturated heterocycles. The van der Waals surface area contributed by atoms with Gasteiger partial charge in [0.1, 0.15) is 5.78 Å². The van der Waals surface area contributed by atoms with Gasteiger partial charge in [-0.3, -0.25) is 4.79 Å². The molecule has 0 aliphatic heterocycles. The average molecular weight is 302 g/mol. The summed E-state index contributed by atoms with van der Waals surface area (Å²) in [5, 5.41) is 0. The van der Waals surface area contributed by atoms with Crippen LogP contribution in [0, 0.1) is 0 Å². The third-order valence-corrected chi connectivity index (χ3v) is 4.77. The minimum Gasteiger partial charge on any atom is -0.325 e. The van der Waals surface area contributed by atoms with E-state index in [4.69, 9.17) is 5.73 Å². The van der Waals surface area contributed by atoms with Gasteiger partial charge in [-0.2, -0.15) is 0 Å². The molecular weight excluding hydrogens is 286 g/mol. The van der Waals surface area contributed by atoms with E-state index in [9.17, 15) is 4.79 Å². The van der Waals surface area contributed by atoms with Crippen LogP contribution in [-0.2, 0) is 11.2 Å². The molecule has 0 amide bonds. The van der Waals surface area contributed by atoms with E-state index in [-0.39, 0.29) is 11.3 Å². The first-order valence-corrected chi connectivity index (χ1v) is 7.23. The molecule has 0 radical (unpaired) electrons. The number of Topliss-reactive ketones (excluding diaryl/α,β-unsaturated/α-hetero) is 1. The van der Waals surface area contributed by atoms with Crippen LogP contribution in [0.25, 0.3) is 0 Å². The van der Waals surface area contributed by atoms with E-state index in [0.29, 0.717) is 12.8 Å². The van der Waals surface area contributed by atoms with Gasteiger partial charge in [0.2, 0.25) is 0 Å². The molecule has 2 rings (SSSR count). The molecule has 0 spiro atoms. The van der Waals surface area contributed by atoms with Gasteiger partial charge in [0, 0.05) is 23.3 Å². The molecule has 1 saturated carbocycles. The Bertz CT molecular complexity index is 382. The van der Waals surface area contributed by atoms with E-state index in [0.717, 1.165) is 21.5 Å². The Kier molecular flexibility index (Phi) is 3.82. The number of nitrogens with two attached hydrogens (primary N) is 1. The number of halogens is 1. The zero-order chi connectivity index (χ0) is 11.6. The normalized spacial score (nSPS) is 18.9. The summed E-state index contributed by atoms with van der Waals surface area (Å²) in [5.41, 5.74) is 5.99. The molecule has 1 fully saturated rings. The first-order chi connectivity index (χ1) is 7.57. The summed E-state index contributed by atoms with van der Waals surface area (Å²) in [4.78, 5) is 13.0. The zero-order valence-electron chi connectivity index (χ0n) is 9.17. The van der Waals surface area contributed by atoms with Crippen LogP contribution >= 0.6 is 27.3 Å². The fourth-order valence-electron chi connectivity index (χ4n) is 2.35. The van der Waals surface area contributed by atoms with Gasteiger partial charge in [0.25, 0.3) is 0 Å². The maximum absolute atomic E-state index is 11.9. The highest BCUT2D eigenvalue weighted by Crippen LogP contribution is 2.31. The van der Waals surface area contributed by atoms with Gasteiger partial charge >= 0.3 is 0 Å². The lowest BCUT2D eigenvalue weighted by atomic mass is 9.91. The van der Waals surface area contributed by atoms with Crippen LogP contribution in [0.1, 0.15) is 37.0 Å². The van der Waals surface area contributed by atoms with Crippen LogP contribution in [0.15, 0.2) is 15.9 Å². The predicted molar refractivity (Wildman–Crippen MR) is 70.7 cm³/mol. The molecule has 0 bridgehead atoms. The van der Waals surface area contributed by atoms with E-state index in [2.05, 4.69) is 15.9 Å². The van der Waals surface area contributed by atoms with Gasteiger partial charge in [0.15, 0.2) is 0 Å². The van der Waals surface area contributed by atoms with Gasteiger partial charge in [-0.15, -0.1) is 11.3 Å². The molecule has 2 nitrogen and oxygen atoms in total. The van der Waals surface area contributed by atoms with Crippen molar-refractivity contribution < 1.29 is 4.79 Å². The van der Waals surface area contributed by atoms with Crippen molar-refractivity contribution in [2.24, 2.45) is 5.73 Å². The van der Waals surface area contributed by atoms with E-state index >= 15 is 0 Å². The fraction of sp³-hybridized carbons (Fsp3) is 0.583. The summed E-state index contributed by atoms with van der Waals surface area (Å²) < 4.78 is 1.08. The van der Waals surface area contributed by atoms with Crippen LogP contribution in [0.2, 0.25) is 0 Å². The molecule has 88 valence electrons. The summed E-state index contributed by atoms with van der Waals surface area (Å²) in [6.45, 7) is 0. The lowest BCUT2D eigenvalue weighted by Gasteiger charge is -2.22. The van der Waals surface area contributed by atoms with Gasteiger partial charge in [0.05, 0.1) is 3.79 Å². The Balaban J connectivity index is 1.89. The molecule has 1 aromatic rings. The number of hydrogen-bond acceptors (Lipinski definition) is 3. The Hall–Kier alpha value is -0.190. The lowest BCUT2D eigenvalue weighted by Crippen LogP contribution is -2.39. The van der Waals surface area contributed by atoms with Crippen LogP contribution in [-0.4, -0.2) is 11.3 Å². The molecule has 16 heavy (non-hydrogen) atoms. The molecule has 1 heterocycles.